The minimum Gasteiger partial charge on any atom is -0.353 e. The fourth-order valence-corrected chi connectivity index (χ4v) is 4.17. The van der Waals surface area contributed by atoms with Crippen LogP contribution in [0.1, 0.15) is 25.8 Å². The van der Waals surface area contributed by atoms with E-state index in [1.807, 2.05) is 13.8 Å². The highest BCUT2D eigenvalue weighted by atomic mass is 16.2. The highest BCUT2D eigenvalue weighted by molar-refractivity contribution is 5.78. The van der Waals surface area contributed by atoms with E-state index in [1.54, 1.807) is 0 Å². The number of likely N-dealkylation sites (tertiary alicyclic amines) is 2. The molecule has 0 aromatic heterocycles. The Morgan fingerprint density at radius 3 is 2.30 bits per heavy atom. The van der Waals surface area contributed by atoms with Crippen LogP contribution < -0.4 is 5.32 Å². The van der Waals surface area contributed by atoms with Crippen LogP contribution in [-0.4, -0.2) is 54.5 Å². The number of benzene rings is 1. The molecule has 1 aromatic rings. The molecule has 2 saturated heterocycles. The van der Waals surface area contributed by atoms with Gasteiger partial charge in [0.2, 0.25) is 5.91 Å². The number of carbonyl (C=O) groups excluding carboxylic acids is 1. The van der Waals surface area contributed by atoms with Gasteiger partial charge in [0, 0.05) is 38.8 Å². The largest absolute Gasteiger partial charge is 0.353 e. The van der Waals surface area contributed by atoms with Gasteiger partial charge in [-0.05, 0) is 37.7 Å². The Morgan fingerprint density at radius 2 is 1.70 bits per heavy atom. The quantitative estimate of drug-likeness (QED) is 0.902. The van der Waals surface area contributed by atoms with Crippen LogP contribution in [0.15, 0.2) is 30.3 Å². The van der Waals surface area contributed by atoms with Crippen LogP contribution in [0.3, 0.4) is 0 Å². The molecule has 23 heavy (non-hydrogen) atoms. The minimum absolute atomic E-state index is 0.168. The highest BCUT2D eigenvalue weighted by Gasteiger charge is 2.34. The van der Waals surface area contributed by atoms with Crippen LogP contribution in [0.25, 0.3) is 0 Å². The molecule has 2 bridgehead atoms. The Labute approximate surface area is 139 Å². The third-order valence-corrected chi connectivity index (χ3v) is 4.80. The lowest BCUT2D eigenvalue weighted by Gasteiger charge is -2.45. The lowest BCUT2D eigenvalue weighted by molar-refractivity contribution is -0.123. The molecule has 2 fully saturated rings. The maximum absolute atomic E-state index is 12.0. The second-order valence-corrected chi connectivity index (χ2v) is 7.56. The van der Waals surface area contributed by atoms with E-state index in [0.717, 1.165) is 32.7 Å². The number of nitrogens with one attached hydrogen (secondary N) is 1. The van der Waals surface area contributed by atoms with Gasteiger partial charge in [0.25, 0.3) is 0 Å². The number of fused-ring (bicyclic) bond motifs is 2. The van der Waals surface area contributed by atoms with Gasteiger partial charge in [-0.2, -0.15) is 0 Å². The number of amides is 1. The molecule has 126 valence electrons. The van der Waals surface area contributed by atoms with Gasteiger partial charge in [-0.3, -0.25) is 14.6 Å². The lowest BCUT2D eigenvalue weighted by atomic mass is 9.84. The van der Waals surface area contributed by atoms with E-state index in [9.17, 15) is 4.79 Å². The van der Waals surface area contributed by atoms with E-state index in [-0.39, 0.29) is 11.9 Å². The Hall–Kier alpha value is -1.39. The fourth-order valence-electron chi connectivity index (χ4n) is 4.17. The van der Waals surface area contributed by atoms with Crippen molar-refractivity contribution in [2.75, 3.05) is 32.7 Å². The van der Waals surface area contributed by atoms with Crippen molar-refractivity contribution in [3.8, 4) is 0 Å². The number of piperidine rings is 2. The maximum atomic E-state index is 12.0. The number of nitrogens with zero attached hydrogens (tertiary/aromatic N) is 2. The van der Waals surface area contributed by atoms with Gasteiger partial charge < -0.3 is 5.32 Å². The standard InChI is InChI=1S/C19H29N3O/c1-15(2)20-19(23)14-22-12-17-8-18(13-22)11-21(10-17)9-16-6-4-3-5-7-16/h3-7,15,17-18H,8-14H2,1-2H3,(H,20,23). The van der Waals surface area contributed by atoms with Crippen molar-refractivity contribution in [3.63, 3.8) is 0 Å². The monoisotopic (exact) mass is 315 g/mol. The van der Waals surface area contributed by atoms with Crippen LogP contribution in [0, 0.1) is 11.8 Å². The number of carbonyl (C=O) groups is 1. The van der Waals surface area contributed by atoms with Crippen LogP contribution in [0.4, 0.5) is 0 Å². The number of hydrogen-bond donors (Lipinski definition) is 1. The minimum atomic E-state index is 0.168. The van der Waals surface area contributed by atoms with Crippen molar-refractivity contribution in [1.29, 1.82) is 0 Å². The molecule has 4 heteroatoms. The summed E-state index contributed by atoms with van der Waals surface area (Å²) in [5, 5.41) is 3.01. The van der Waals surface area contributed by atoms with Gasteiger partial charge in [0.05, 0.1) is 6.54 Å². The molecule has 2 heterocycles. The van der Waals surface area contributed by atoms with Gasteiger partial charge in [0.1, 0.15) is 0 Å². The summed E-state index contributed by atoms with van der Waals surface area (Å²) in [4.78, 5) is 16.9. The normalized spacial score (nSPS) is 25.5. The molecule has 2 aliphatic rings. The summed E-state index contributed by atoms with van der Waals surface area (Å²) in [5.41, 5.74) is 1.40. The third kappa shape index (κ3) is 4.79. The number of rotatable bonds is 5. The smallest absolute Gasteiger partial charge is 0.234 e. The maximum Gasteiger partial charge on any atom is 0.234 e. The summed E-state index contributed by atoms with van der Waals surface area (Å²) >= 11 is 0. The molecular weight excluding hydrogens is 286 g/mol. The van der Waals surface area contributed by atoms with Crippen molar-refractivity contribution in [3.05, 3.63) is 35.9 Å². The molecule has 1 aromatic carbocycles. The first-order valence-corrected chi connectivity index (χ1v) is 8.86. The molecule has 1 N–H and O–H groups in total. The molecule has 4 nitrogen and oxygen atoms in total. The molecule has 0 aliphatic carbocycles. The van der Waals surface area contributed by atoms with Gasteiger partial charge in [-0.1, -0.05) is 30.3 Å². The third-order valence-electron chi connectivity index (χ3n) is 4.80. The molecule has 0 spiro atoms. The van der Waals surface area contributed by atoms with Crippen LogP contribution in [0.5, 0.6) is 0 Å². The zero-order valence-electron chi connectivity index (χ0n) is 14.4. The summed E-state index contributed by atoms with van der Waals surface area (Å²) < 4.78 is 0. The summed E-state index contributed by atoms with van der Waals surface area (Å²) in [6.45, 7) is 10.1. The molecule has 0 radical (unpaired) electrons. The second kappa shape index (κ2) is 7.45. The lowest BCUT2D eigenvalue weighted by Crippen LogP contribution is -2.54. The second-order valence-electron chi connectivity index (χ2n) is 7.56. The molecule has 2 unspecified atom stereocenters. The van der Waals surface area contributed by atoms with E-state index in [0.29, 0.717) is 18.4 Å². The Balaban J connectivity index is 1.51. The predicted octanol–water partition coefficient (Wildman–Crippen LogP) is 1.96. The molecule has 2 aliphatic heterocycles. The number of hydrogen-bond acceptors (Lipinski definition) is 3. The van der Waals surface area contributed by atoms with E-state index < -0.39 is 0 Å². The van der Waals surface area contributed by atoms with Crippen molar-refractivity contribution in [2.45, 2.75) is 32.9 Å². The van der Waals surface area contributed by atoms with Crippen molar-refractivity contribution in [2.24, 2.45) is 11.8 Å². The Kier molecular flexibility index (Phi) is 5.34. The zero-order chi connectivity index (χ0) is 16.2. The average Bonchev–Trinajstić information content (AvgIpc) is 2.46. The van der Waals surface area contributed by atoms with Crippen LogP contribution >= 0.6 is 0 Å². The van der Waals surface area contributed by atoms with E-state index in [2.05, 4.69) is 45.4 Å². The molecular formula is C19H29N3O. The SMILES string of the molecule is CC(C)NC(=O)CN1CC2CC(C1)CN(Cc1ccccc1)C2. The van der Waals surface area contributed by atoms with Gasteiger partial charge >= 0.3 is 0 Å². The van der Waals surface area contributed by atoms with Crippen LogP contribution in [-0.2, 0) is 11.3 Å². The van der Waals surface area contributed by atoms with E-state index >= 15 is 0 Å². The first-order chi connectivity index (χ1) is 11.1. The van der Waals surface area contributed by atoms with Crippen molar-refractivity contribution < 1.29 is 4.79 Å². The predicted molar refractivity (Wildman–Crippen MR) is 93.0 cm³/mol. The van der Waals surface area contributed by atoms with Crippen LogP contribution in [0.2, 0.25) is 0 Å². The summed E-state index contributed by atoms with van der Waals surface area (Å²) in [6, 6.07) is 11.0. The molecule has 1 amide bonds. The van der Waals surface area contributed by atoms with Crippen molar-refractivity contribution >= 4 is 5.91 Å². The van der Waals surface area contributed by atoms with Gasteiger partial charge in [-0.25, -0.2) is 0 Å². The van der Waals surface area contributed by atoms with Crippen molar-refractivity contribution in [1.82, 2.24) is 15.1 Å². The van der Waals surface area contributed by atoms with Gasteiger partial charge in [-0.15, -0.1) is 0 Å². The topological polar surface area (TPSA) is 35.6 Å². The summed E-state index contributed by atoms with van der Waals surface area (Å²) in [6.07, 6.45) is 1.33. The average molecular weight is 315 g/mol. The molecule has 2 atom stereocenters. The highest BCUT2D eigenvalue weighted by Crippen LogP contribution is 2.29. The van der Waals surface area contributed by atoms with Gasteiger partial charge in [0.15, 0.2) is 0 Å². The van der Waals surface area contributed by atoms with E-state index in [4.69, 9.17) is 0 Å². The summed E-state index contributed by atoms with van der Waals surface area (Å²) in [7, 11) is 0. The van der Waals surface area contributed by atoms with E-state index in [1.165, 1.54) is 12.0 Å². The Bertz CT molecular complexity index is 503. The first kappa shape index (κ1) is 16.5. The molecule has 3 rings (SSSR count). The zero-order valence-corrected chi connectivity index (χ0v) is 14.4. The molecule has 0 saturated carbocycles. The summed E-state index contributed by atoms with van der Waals surface area (Å²) in [5.74, 6) is 1.58. The fraction of sp³-hybridized carbons (Fsp3) is 0.632. The Morgan fingerprint density at radius 1 is 1.09 bits per heavy atom. The first-order valence-electron chi connectivity index (χ1n) is 8.86.